The number of hydrogen-bond acceptors (Lipinski definition) is 2. The summed E-state index contributed by atoms with van der Waals surface area (Å²) in [6, 6.07) is 9.88. The van der Waals surface area contributed by atoms with Crippen LogP contribution in [0.3, 0.4) is 0 Å². The topological polar surface area (TPSA) is 27.0 Å². The van der Waals surface area contributed by atoms with Gasteiger partial charge in [-0.25, -0.2) is 0 Å². The Morgan fingerprint density at radius 3 is 3.00 bits per heavy atom. The third kappa shape index (κ3) is 3.97. The minimum atomic E-state index is 0.727. The first-order chi connectivity index (χ1) is 7.26. The molecular formula is C13H16N2. The van der Waals surface area contributed by atoms with Gasteiger partial charge in [-0.3, -0.25) is 0 Å². The van der Waals surface area contributed by atoms with Crippen molar-refractivity contribution in [3.05, 3.63) is 48.0 Å². The van der Waals surface area contributed by atoms with Crippen LogP contribution in [0.15, 0.2) is 36.9 Å². The molecule has 0 spiro atoms. The van der Waals surface area contributed by atoms with Gasteiger partial charge in [0, 0.05) is 13.1 Å². The van der Waals surface area contributed by atoms with Crippen molar-refractivity contribution in [3.8, 4) is 6.07 Å². The normalized spacial score (nSPS) is 9.93. The SMILES string of the molecule is C=CCCN(C)Cc1cccc(C#N)c1. The van der Waals surface area contributed by atoms with Crippen LogP contribution in [0.25, 0.3) is 0 Å². The lowest BCUT2D eigenvalue weighted by molar-refractivity contribution is 0.333. The Labute approximate surface area is 91.4 Å². The molecule has 0 saturated heterocycles. The van der Waals surface area contributed by atoms with Gasteiger partial charge < -0.3 is 4.90 Å². The molecule has 15 heavy (non-hydrogen) atoms. The van der Waals surface area contributed by atoms with E-state index in [0.717, 1.165) is 25.1 Å². The van der Waals surface area contributed by atoms with Gasteiger partial charge in [0.25, 0.3) is 0 Å². The van der Waals surface area contributed by atoms with Crippen LogP contribution in [-0.4, -0.2) is 18.5 Å². The maximum atomic E-state index is 8.76. The molecular weight excluding hydrogens is 184 g/mol. The van der Waals surface area contributed by atoms with Crippen molar-refractivity contribution in [2.24, 2.45) is 0 Å². The monoisotopic (exact) mass is 200 g/mol. The standard InChI is InChI=1S/C13H16N2/c1-3-4-8-15(2)11-13-7-5-6-12(9-13)10-14/h3,5-7,9H,1,4,8,11H2,2H3. The molecule has 0 aliphatic carbocycles. The molecule has 0 aliphatic heterocycles. The van der Waals surface area contributed by atoms with E-state index in [1.165, 1.54) is 5.56 Å². The smallest absolute Gasteiger partial charge is 0.0991 e. The third-order valence-corrected chi connectivity index (χ3v) is 2.22. The zero-order chi connectivity index (χ0) is 11.1. The molecule has 2 heteroatoms. The van der Waals surface area contributed by atoms with E-state index in [0.29, 0.717) is 0 Å². The van der Waals surface area contributed by atoms with Crippen molar-refractivity contribution in [3.63, 3.8) is 0 Å². The molecule has 0 aromatic heterocycles. The van der Waals surface area contributed by atoms with E-state index >= 15 is 0 Å². The van der Waals surface area contributed by atoms with Gasteiger partial charge in [-0.15, -0.1) is 6.58 Å². The summed E-state index contributed by atoms with van der Waals surface area (Å²) < 4.78 is 0. The molecule has 0 bridgehead atoms. The van der Waals surface area contributed by atoms with Crippen LogP contribution in [0.2, 0.25) is 0 Å². The molecule has 0 fully saturated rings. The highest BCUT2D eigenvalue weighted by Crippen LogP contribution is 2.06. The molecule has 0 N–H and O–H groups in total. The molecule has 0 atom stereocenters. The van der Waals surface area contributed by atoms with Gasteiger partial charge in [-0.2, -0.15) is 5.26 Å². The van der Waals surface area contributed by atoms with Gasteiger partial charge in [0.2, 0.25) is 0 Å². The molecule has 78 valence electrons. The van der Waals surface area contributed by atoms with Crippen LogP contribution < -0.4 is 0 Å². The van der Waals surface area contributed by atoms with E-state index in [1.54, 1.807) is 0 Å². The number of nitrogens with zero attached hydrogens (tertiary/aromatic N) is 2. The second-order valence-electron chi connectivity index (χ2n) is 3.63. The summed E-state index contributed by atoms with van der Waals surface area (Å²) in [5.41, 5.74) is 1.91. The molecule has 0 unspecified atom stereocenters. The number of benzene rings is 1. The van der Waals surface area contributed by atoms with E-state index in [-0.39, 0.29) is 0 Å². The van der Waals surface area contributed by atoms with Crippen LogP contribution in [0, 0.1) is 11.3 Å². The maximum absolute atomic E-state index is 8.76. The second-order valence-corrected chi connectivity index (χ2v) is 3.63. The average Bonchev–Trinajstić information content (AvgIpc) is 2.26. The molecule has 1 rings (SSSR count). The summed E-state index contributed by atoms with van der Waals surface area (Å²) in [6.45, 7) is 5.58. The number of hydrogen-bond donors (Lipinski definition) is 0. The predicted octanol–water partition coefficient (Wildman–Crippen LogP) is 2.57. The minimum absolute atomic E-state index is 0.727. The molecule has 2 nitrogen and oxygen atoms in total. The summed E-state index contributed by atoms with van der Waals surface area (Å²) in [5.74, 6) is 0. The fourth-order valence-electron chi connectivity index (χ4n) is 1.44. The largest absolute Gasteiger partial charge is 0.302 e. The van der Waals surface area contributed by atoms with E-state index in [9.17, 15) is 0 Å². The van der Waals surface area contributed by atoms with Crippen LogP contribution in [-0.2, 0) is 6.54 Å². The highest BCUT2D eigenvalue weighted by atomic mass is 15.1. The van der Waals surface area contributed by atoms with Crippen LogP contribution in [0.5, 0.6) is 0 Å². The molecule has 1 aromatic rings. The highest BCUT2D eigenvalue weighted by Gasteiger charge is 1.99. The van der Waals surface area contributed by atoms with E-state index in [2.05, 4.69) is 24.6 Å². The van der Waals surface area contributed by atoms with Gasteiger partial charge in [0.15, 0.2) is 0 Å². The fourth-order valence-corrected chi connectivity index (χ4v) is 1.44. The summed E-state index contributed by atoms with van der Waals surface area (Å²) in [6.07, 6.45) is 2.91. The van der Waals surface area contributed by atoms with Crippen LogP contribution >= 0.6 is 0 Å². The van der Waals surface area contributed by atoms with Crippen molar-refractivity contribution in [1.29, 1.82) is 5.26 Å². The van der Waals surface area contributed by atoms with Crippen LogP contribution in [0.1, 0.15) is 17.5 Å². The number of nitriles is 1. The van der Waals surface area contributed by atoms with Crippen LogP contribution in [0.4, 0.5) is 0 Å². The Bertz CT molecular complexity index is 363. The van der Waals surface area contributed by atoms with Crippen molar-refractivity contribution < 1.29 is 0 Å². The van der Waals surface area contributed by atoms with E-state index in [1.807, 2.05) is 30.3 Å². The Balaban J connectivity index is 2.56. The fraction of sp³-hybridized carbons (Fsp3) is 0.308. The number of rotatable bonds is 5. The van der Waals surface area contributed by atoms with Crippen molar-refractivity contribution in [1.82, 2.24) is 4.90 Å². The molecule has 1 aromatic carbocycles. The lowest BCUT2D eigenvalue weighted by Gasteiger charge is -2.15. The summed E-state index contributed by atoms with van der Waals surface area (Å²) in [4.78, 5) is 2.22. The van der Waals surface area contributed by atoms with Crippen molar-refractivity contribution in [2.45, 2.75) is 13.0 Å². The van der Waals surface area contributed by atoms with Gasteiger partial charge in [-0.1, -0.05) is 18.2 Å². The third-order valence-electron chi connectivity index (χ3n) is 2.22. The van der Waals surface area contributed by atoms with Crippen molar-refractivity contribution >= 4 is 0 Å². The first-order valence-corrected chi connectivity index (χ1v) is 5.04. The van der Waals surface area contributed by atoms with Gasteiger partial charge >= 0.3 is 0 Å². The predicted molar refractivity (Wildman–Crippen MR) is 62.3 cm³/mol. The van der Waals surface area contributed by atoms with E-state index in [4.69, 9.17) is 5.26 Å². The molecule has 0 radical (unpaired) electrons. The lowest BCUT2D eigenvalue weighted by atomic mass is 10.1. The van der Waals surface area contributed by atoms with E-state index < -0.39 is 0 Å². The zero-order valence-electron chi connectivity index (χ0n) is 9.11. The Morgan fingerprint density at radius 2 is 2.33 bits per heavy atom. The quantitative estimate of drug-likeness (QED) is 0.683. The lowest BCUT2D eigenvalue weighted by Crippen LogP contribution is -2.18. The van der Waals surface area contributed by atoms with Gasteiger partial charge in [0.05, 0.1) is 11.6 Å². The Kier molecular flexibility index (Phi) is 4.59. The molecule has 0 aliphatic rings. The summed E-state index contributed by atoms with van der Waals surface area (Å²) in [7, 11) is 2.07. The average molecular weight is 200 g/mol. The van der Waals surface area contributed by atoms with Gasteiger partial charge in [0.1, 0.15) is 0 Å². The van der Waals surface area contributed by atoms with Gasteiger partial charge in [-0.05, 0) is 31.2 Å². The molecule has 0 amide bonds. The first-order valence-electron chi connectivity index (χ1n) is 5.04. The summed E-state index contributed by atoms with van der Waals surface area (Å²) >= 11 is 0. The second kappa shape index (κ2) is 6.00. The van der Waals surface area contributed by atoms with Crippen molar-refractivity contribution in [2.75, 3.05) is 13.6 Å². The highest BCUT2D eigenvalue weighted by molar-refractivity contribution is 5.32. The minimum Gasteiger partial charge on any atom is -0.302 e. The Hall–Kier alpha value is -1.59. The zero-order valence-corrected chi connectivity index (χ0v) is 9.11. The molecule has 0 heterocycles. The molecule has 0 saturated carbocycles. The Morgan fingerprint density at radius 1 is 1.53 bits per heavy atom. The first kappa shape index (κ1) is 11.5. The maximum Gasteiger partial charge on any atom is 0.0991 e. The summed E-state index contributed by atoms with van der Waals surface area (Å²) in [5, 5.41) is 8.76.